The van der Waals surface area contributed by atoms with Gasteiger partial charge < -0.3 is 10.4 Å². The summed E-state index contributed by atoms with van der Waals surface area (Å²) in [6, 6.07) is 0.601. The Labute approximate surface area is 110 Å². The van der Waals surface area contributed by atoms with E-state index in [4.69, 9.17) is 0 Å². The molecule has 1 heterocycles. The lowest BCUT2D eigenvalue weighted by Crippen LogP contribution is -2.49. The topological polar surface area (TPSA) is 62.2 Å². The van der Waals surface area contributed by atoms with Crippen LogP contribution in [0.15, 0.2) is 12.3 Å². The van der Waals surface area contributed by atoms with Crippen LogP contribution in [0.5, 0.6) is 0 Å². The molecule has 1 aromatic heterocycles. The number of halogens is 2. The third-order valence-electron chi connectivity index (χ3n) is 2.87. The normalized spacial score (nSPS) is 13.9. The number of nitrogens with zero attached hydrogens (tertiary/aromatic N) is 1. The average molecular weight is 272 g/mol. The summed E-state index contributed by atoms with van der Waals surface area (Å²) in [4.78, 5) is 15.3. The van der Waals surface area contributed by atoms with Crippen LogP contribution < -0.4 is 5.32 Å². The quantitative estimate of drug-likeness (QED) is 0.833. The molecule has 1 amide bonds. The van der Waals surface area contributed by atoms with E-state index in [2.05, 4.69) is 10.3 Å². The number of aliphatic hydroxyl groups is 1. The zero-order chi connectivity index (χ0) is 14.5. The van der Waals surface area contributed by atoms with E-state index in [-0.39, 0.29) is 6.61 Å². The van der Waals surface area contributed by atoms with Gasteiger partial charge in [0.1, 0.15) is 5.82 Å². The number of aliphatic hydroxyl groups excluding tert-OH is 1. The van der Waals surface area contributed by atoms with Gasteiger partial charge in [0.2, 0.25) is 0 Å². The molecule has 0 aliphatic heterocycles. The lowest BCUT2D eigenvalue weighted by Gasteiger charge is -2.28. The number of rotatable bonds is 6. The van der Waals surface area contributed by atoms with Crippen molar-refractivity contribution in [2.45, 2.75) is 38.6 Å². The van der Waals surface area contributed by atoms with Crippen LogP contribution >= 0.6 is 0 Å². The lowest BCUT2D eigenvalue weighted by atomic mass is 9.95. The summed E-state index contributed by atoms with van der Waals surface area (Å²) in [5, 5.41) is 11.9. The van der Waals surface area contributed by atoms with Gasteiger partial charge in [0.15, 0.2) is 11.5 Å². The van der Waals surface area contributed by atoms with Crippen LogP contribution in [0.25, 0.3) is 0 Å². The zero-order valence-electron chi connectivity index (χ0n) is 11.0. The highest BCUT2D eigenvalue weighted by Crippen LogP contribution is 2.15. The Bertz CT molecular complexity index is 454. The highest BCUT2D eigenvalue weighted by molar-refractivity contribution is 5.93. The molecular formula is C13H18F2N2O2. The predicted molar refractivity (Wildman–Crippen MR) is 66.6 cm³/mol. The van der Waals surface area contributed by atoms with E-state index in [9.17, 15) is 18.7 Å². The van der Waals surface area contributed by atoms with Gasteiger partial charge >= 0.3 is 0 Å². The van der Waals surface area contributed by atoms with Gasteiger partial charge in [-0.2, -0.15) is 0 Å². The second-order valence-electron chi connectivity index (χ2n) is 4.76. The Balaban J connectivity index is 2.82. The maximum Gasteiger partial charge on any atom is 0.273 e. The van der Waals surface area contributed by atoms with Gasteiger partial charge in [-0.3, -0.25) is 4.79 Å². The molecule has 0 saturated carbocycles. The van der Waals surface area contributed by atoms with E-state index in [1.165, 1.54) is 0 Å². The van der Waals surface area contributed by atoms with Gasteiger partial charge in [-0.25, -0.2) is 13.8 Å². The molecule has 0 spiro atoms. The van der Waals surface area contributed by atoms with Crippen LogP contribution in [0, 0.1) is 11.6 Å². The van der Waals surface area contributed by atoms with Crippen molar-refractivity contribution >= 4 is 5.91 Å². The van der Waals surface area contributed by atoms with Crippen molar-refractivity contribution < 1.29 is 18.7 Å². The molecule has 2 N–H and O–H groups in total. The minimum Gasteiger partial charge on any atom is -0.394 e. The molecule has 4 nitrogen and oxygen atoms in total. The van der Waals surface area contributed by atoms with Crippen LogP contribution in [0.3, 0.4) is 0 Å². The number of carbonyl (C=O) groups is 1. The summed E-state index contributed by atoms with van der Waals surface area (Å²) >= 11 is 0. The Morgan fingerprint density at radius 1 is 1.53 bits per heavy atom. The first kappa shape index (κ1) is 15.5. The Morgan fingerprint density at radius 3 is 2.74 bits per heavy atom. The highest BCUT2D eigenvalue weighted by Gasteiger charge is 2.27. The summed E-state index contributed by atoms with van der Waals surface area (Å²) in [6.45, 7) is 3.39. The van der Waals surface area contributed by atoms with Gasteiger partial charge in [-0.15, -0.1) is 0 Å². The first-order valence-corrected chi connectivity index (χ1v) is 6.16. The molecule has 1 atom stereocenters. The molecule has 0 fully saturated rings. The number of hydrogen-bond acceptors (Lipinski definition) is 3. The van der Waals surface area contributed by atoms with Crippen molar-refractivity contribution in [2.75, 3.05) is 6.61 Å². The van der Waals surface area contributed by atoms with Gasteiger partial charge in [0.25, 0.3) is 5.91 Å². The van der Waals surface area contributed by atoms with E-state index in [0.717, 1.165) is 19.0 Å². The Morgan fingerprint density at radius 2 is 2.21 bits per heavy atom. The summed E-state index contributed by atoms with van der Waals surface area (Å²) < 4.78 is 26.1. The van der Waals surface area contributed by atoms with E-state index < -0.39 is 28.8 Å². The summed E-state index contributed by atoms with van der Waals surface area (Å²) in [5.41, 5.74) is -1.31. The first-order valence-electron chi connectivity index (χ1n) is 6.16. The minimum absolute atomic E-state index is 0.262. The van der Waals surface area contributed by atoms with Crippen LogP contribution in [-0.4, -0.2) is 28.1 Å². The third kappa shape index (κ3) is 4.24. The summed E-state index contributed by atoms with van der Waals surface area (Å²) in [7, 11) is 0. The van der Waals surface area contributed by atoms with E-state index in [0.29, 0.717) is 12.5 Å². The van der Waals surface area contributed by atoms with Gasteiger partial charge in [-0.05, 0) is 13.3 Å². The smallest absolute Gasteiger partial charge is 0.273 e. The number of nitrogens with one attached hydrogen (secondary N) is 1. The standard InChI is InChI=1S/C13H18F2N2O2/c1-3-4-5-13(2,8-18)17-12(19)11-10(15)6-9(14)7-16-11/h6-7,18H,3-5,8H2,1-2H3,(H,17,19). The molecule has 1 aromatic rings. The molecule has 1 unspecified atom stereocenters. The monoisotopic (exact) mass is 272 g/mol. The van der Waals surface area contributed by atoms with Crippen molar-refractivity contribution in [1.82, 2.24) is 10.3 Å². The molecule has 19 heavy (non-hydrogen) atoms. The number of aromatic nitrogens is 1. The Kier molecular flexibility index (Phi) is 5.35. The van der Waals surface area contributed by atoms with E-state index >= 15 is 0 Å². The fourth-order valence-electron chi connectivity index (χ4n) is 1.66. The largest absolute Gasteiger partial charge is 0.394 e. The summed E-state index contributed by atoms with van der Waals surface area (Å²) in [5.74, 6) is -2.62. The van der Waals surface area contributed by atoms with Crippen molar-refractivity contribution in [2.24, 2.45) is 0 Å². The van der Waals surface area contributed by atoms with E-state index in [1.54, 1.807) is 6.92 Å². The molecular weight excluding hydrogens is 254 g/mol. The lowest BCUT2D eigenvalue weighted by molar-refractivity contribution is 0.0829. The summed E-state index contributed by atoms with van der Waals surface area (Å²) in [6.07, 6.45) is 3.07. The van der Waals surface area contributed by atoms with E-state index in [1.807, 2.05) is 6.92 Å². The fraction of sp³-hybridized carbons (Fsp3) is 0.538. The molecule has 0 aliphatic rings. The number of amides is 1. The average Bonchev–Trinajstić information content (AvgIpc) is 2.36. The van der Waals surface area contributed by atoms with Crippen molar-refractivity contribution in [1.29, 1.82) is 0 Å². The molecule has 6 heteroatoms. The number of unbranched alkanes of at least 4 members (excludes halogenated alkanes) is 1. The highest BCUT2D eigenvalue weighted by atomic mass is 19.1. The third-order valence-corrected chi connectivity index (χ3v) is 2.87. The SMILES string of the molecule is CCCCC(C)(CO)NC(=O)c1ncc(F)cc1F. The molecule has 0 bridgehead atoms. The van der Waals surface area contributed by atoms with Crippen molar-refractivity contribution in [3.63, 3.8) is 0 Å². The molecule has 0 radical (unpaired) electrons. The van der Waals surface area contributed by atoms with Crippen molar-refractivity contribution in [3.05, 3.63) is 29.6 Å². The second-order valence-corrected chi connectivity index (χ2v) is 4.76. The Hall–Kier alpha value is -1.56. The molecule has 1 rings (SSSR count). The maximum absolute atomic E-state index is 13.4. The fourth-order valence-corrected chi connectivity index (χ4v) is 1.66. The van der Waals surface area contributed by atoms with Crippen LogP contribution in [0.2, 0.25) is 0 Å². The van der Waals surface area contributed by atoms with Gasteiger partial charge in [0, 0.05) is 6.07 Å². The van der Waals surface area contributed by atoms with Crippen LogP contribution in [0.1, 0.15) is 43.6 Å². The van der Waals surface area contributed by atoms with Gasteiger partial charge in [-0.1, -0.05) is 19.8 Å². The molecule has 0 aromatic carbocycles. The second kappa shape index (κ2) is 6.56. The number of hydrogen-bond donors (Lipinski definition) is 2. The number of pyridine rings is 1. The van der Waals surface area contributed by atoms with Gasteiger partial charge in [0.05, 0.1) is 18.3 Å². The minimum atomic E-state index is -1.02. The van der Waals surface area contributed by atoms with Crippen molar-refractivity contribution in [3.8, 4) is 0 Å². The zero-order valence-corrected chi connectivity index (χ0v) is 11.0. The number of carbonyl (C=O) groups excluding carboxylic acids is 1. The molecule has 0 aliphatic carbocycles. The first-order chi connectivity index (χ1) is 8.91. The van der Waals surface area contributed by atoms with Crippen LogP contribution in [-0.2, 0) is 0 Å². The molecule has 106 valence electrons. The predicted octanol–water partition coefficient (Wildman–Crippen LogP) is 2.03. The molecule has 0 saturated heterocycles. The van der Waals surface area contributed by atoms with Crippen LogP contribution in [0.4, 0.5) is 8.78 Å². The maximum atomic E-state index is 13.4.